The van der Waals surface area contributed by atoms with E-state index in [-0.39, 0.29) is 16.0 Å². The summed E-state index contributed by atoms with van der Waals surface area (Å²) in [7, 11) is -3.54. The van der Waals surface area contributed by atoms with Crippen LogP contribution in [-0.4, -0.2) is 82.3 Å². The highest BCUT2D eigenvalue weighted by Gasteiger charge is 2.26. The van der Waals surface area contributed by atoms with Gasteiger partial charge in [-0.1, -0.05) is 54.1 Å². The standard InChI is InChI=1S/C36H49ClN6O3S3/c1-24(2)46-32-22-28(27-13-17-43(18-14-27)36(47)48-20-19-42-15-9-6-10-16-42)26(5)21-31(32)40-35-38-23-29(37)34(41-35)39-30-11-7-8-12-33(30)49(44,45)25(3)4/h7-8,11-12,21-25,27H,6,9-10,13-20H2,1-5H3,(H2,38,39,40,41). The van der Waals surface area contributed by atoms with Crippen LogP contribution in [0.5, 0.6) is 5.75 Å². The number of likely N-dealkylation sites (tertiary alicyclic amines) is 2. The second-order valence-electron chi connectivity index (χ2n) is 13.4. The molecule has 2 aliphatic rings. The van der Waals surface area contributed by atoms with Gasteiger partial charge in [-0.25, -0.2) is 13.4 Å². The average molecular weight is 745 g/mol. The van der Waals surface area contributed by atoms with Gasteiger partial charge in [0.2, 0.25) is 5.95 Å². The summed E-state index contributed by atoms with van der Waals surface area (Å²) in [6.45, 7) is 14.9. The Morgan fingerprint density at radius 3 is 2.45 bits per heavy atom. The molecule has 0 atom stereocenters. The molecule has 3 heterocycles. The molecule has 2 fully saturated rings. The van der Waals surface area contributed by atoms with E-state index in [9.17, 15) is 8.42 Å². The van der Waals surface area contributed by atoms with Crippen LogP contribution in [0.3, 0.4) is 0 Å². The highest BCUT2D eigenvalue weighted by molar-refractivity contribution is 8.22. The normalized spacial score (nSPS) is 16.3. The van der Waals surface area contributed by atoms with Gasteiger partial charge < -0.3 is 25.2 Å². The maximum Gasteiger partial charge on any atom is 0.229 e. The van der Waals surface area contributed by atoms with E-state index in [1.807, 2.05) is 25.6 Å². The number of halogens is 1. The molecule has 0 saturated carbocycles. The van der Waals surface area contributed by atoms with E-state index in [4.69, 9.17) is 28.6 Å². The fraction of sp³-hybridized carbons (Fsp3) is 0.528. The number of aryl methyl sites for hydroxylation is 1. The Bertz CT molecular complexity index is 1710. The van der Waals surface area contributed by atoms with E-state index in [1.165, 1.54) is 44.1 Å². The topological polar surface area (TPSA) is 99.7 Å². The summed E-state index contributed by atoms with van der Waals surface area (Å²) < 4.78 is 33.4. The predicted octanol–water partition coefficient (Wildman–Crippen LogP) is 8.58. The number of nitrogens with zero attached hydrogens (tertiary/aromatic N) is 4. The lowest BCUT2D eigenvalue weighted by Gasteiger charge is -2.35. The summed E-state index contributed by atoms with van der Waals surface area (Å²) in [5, 5.41) is 6.14. The zero-order valence-electron chi connectivity index (χ0n) is 29.2. The Balaban J connectivity index is 1.28. The number of thioether (sulfide) groups is 1. The predicted molar refractivity (Wildman–Crippen MR) is 208 cm³/mol. The summed E-state index contributed by atoms with van der Waals surface area (Å²) in [4.78, 5) is 14.2. The van der Waals surface area contributed by atoms with Gasteiger partial charge in [0.1, 0.15) is 15.1 Å². The number of thiocarbonyl (C=S) groups is 1. The van der Waals surface area contributed by atoms with Crippen LogP contribution in [0.15, 0.2) is 47.5 Å². The average Bonchev–Trinajstić information content (AvgIpc) is 3.08. The SMILES string of the molecule is Cc1cc(Nc2ncc(Cl)c(Nc3ccccc3S(=O)(=O)C(C)C)n2)c(OC(C)C)cc1C1CCN(C(=S)SCCN2CCCCC2)CC1. The number of rotatable bonds is 12. The first kappa shape index (κ1) is 37.6. The van der Waals surface area contributed by atoms with Crippen molar-refractivity contribution in [2.75, 3.05) is 49.1 Å². The lowest BCUT2D eigenvalue weighted by molar-refractivity contribution is 0.242. The minimum atomic E-state index is -3.54. The molecule has 266 valence electrons. The monoisotopic (exact) mass is 744 g/mol. The van der Waals surface area contributed by atoms with Gasteiger partial charge in [-0.3, -0.25) is 0 Å². The summed E-state index contributed by atoms with van der Waals surface area (Å²) in [5.41, 5.74) is 3.59. The number of anilines is 4. The molecule has 49 heavy (non-hydrogen) atoms. The molecule has 0 radical (unpaired) electrons. The zero-order valence-corrected chi connectivity index (χ0v) is 32.4. The van der Waals surface area contributed by atoms with E-state index in [0.29, 0.717) is 23.4 Å². The van der Waals surface area contributed by atoms with Crippen LogP contribution in [0.25, 0.3) is 0 Å². The van der Waals surface area contributed by atoms with Crippen LogP contribution in [0.2, 0.25) is 5.02 Å². The van der Waals surface area contributed by atoms with E-state index in [2.05, 4.69) is 49.5 Å². The van der Waals surface area contributed by atoms with Crippen molar-refractivity contribution in [2.45, 2.75) is 88.9 Å². The van der Waals surface area contributed by atoms with Crippen LogP contribution in [0, 0.1) is 6.92 Å². The molecule has 3 aromatic rings. The fourth-order valence-corrected chi connectivity index (χ4v) is 9.00. The lowest BCUT2D eigenvalue weighted by atomic mass is 9.86. The first-order chi connectivity index (χ1) is 23.4. The Morgan fingerprint density at radius 2 is 1.76 bits per heavy atom. The number of nitrogens with one attached hydrogen (secondary N) is 2. The largest absolute Gasteiger partial charge is 0.489 e. The molecule has 13 heteroatoms. The van der Waals surface area contributed by atoms with Crippen LogP contribution in [0.1, 0.15) is 76.8 Å². The summed E-state index contributed by atoms with van der Waals surface area (Å²) in [5.74, 6) is 2.79. The van der Waals surface area contributed by atoms with Crippen molar-refractivity contribution in [3.05, 3.63) is 58.7 Å². The number of sulfone groups is 1. The first-order valence-electron chi connectivity index (χ1n) is 17.3. The van der Waals surface area contributed by atoms with Gasteiger partial charge in [-0.15, -0.1) is 0 Å². The number of aromatic nitrogens is 2. The number of ether oxygens (including phenoxy) is 1. The smallest absolute Gasteiger partial charge is 0.229 e. The molecular weight excluding hydrogens is 696 g/mol. The Kier molecular flexibility index (Phi) is 13.1. The summed E-state index contributed by atoms with van der Waals surface area (Å²) >= 11 is 14.2. The molecule has 0 bridgehead atoms. The molecule has 5 rings (SSSR count). The number of benzene rings is 2. The number of hydrogen-bond acceptors (Lipinski definition) is 10. The molecule has 2 saturated heterocycles. The Morgan fingerprint density at radius 1 is 1.04 bits per heavy atom. The first-order valence-corrected chi connectivity index (χ1v) is 20.6. The van der Waals surface area contributed by atoms with Crippen molar-refractivity contribution in [1.82, 2.24) is 19.8 Å². The molecule has 2 N–H and O–H groups in total. The Hall–Kier alpha value is -2.64. The van der Waals surface area contributed by atoms with Gasteiger partial charge in [0, 0.05) is 25.4 Å². The molecular formula is C36H49ClN6O3S3. The van der Waals surface area contributed by atoms with Crippen molar-refractivity contribution >= 4 is 72.9 Å². The minimum absolute atomic E-state index is 0.0416. The van der Waals surface area contributed by atoms with Crippen LogP contribution in [-0.2, 0) is 9.84 Å². The van der Waals surface area contributed by atoms with E-state index >= 15 is 0 Å². The molecule has 9 nitrogen and oxygen atoms in total. The van der Waals surface area contributed by atoms with Gasteiger partial charge >= 0.3 is 0 Å². The summed E-state index contributed by atoms with van der Waals surface area (Å²) in [6.07, 6.45) is 7.52. The van der Waals surface area contributed by atoms with Crippen molar-refractivity contribution in [3.63, 3.8) is 0 Å². The fourth-order valence-electron chi connectivity index (χ4n) is 6.34. The highest BCUT2D eigenvalue weighted by atomic mass is 35.5. The minimum Gasteiger partial charge on any atom is -0.489 e. The van der Waals surface area contributed by atoms with E-state index < -0.39 is 15.1 Å². The third-order valence-electron chi connectivity index (χ3n) is 9.06. The van der Waals surface area contributed by atoms with Crippen LogP contribution >= 0.6 is 35.6 Å². The number of hydrogen-bond donors (Lipinski definition) is 2. The van der Waals surface area contributed by atoms with Crippen LogP contribution < -0.4 is 15.4 Å². The van der Waals surface area contributed by atoms with Gasteiger partial charge in [0.15, 0.2) is 15.7 Å². The van der Waals surface area contributed by atoms with Gasteiger partial charge in [-0.05, 0) is 115 Å². The van der Waals surface area contributed by atoms with Gasteiger partial charge in [-0.2, -0.15) is 4.98 Å². The second-order valence-corrected chi connectivity index (χ2v) is 18.0. The maximum absolute atomic E-state index is 13.0. The van der Waals surface area contributed by atoms with E-state index in [1.54, 1.807) is 38.1 Å². The third-order valence-corrected chi connectivity index (χ3v) is 13.1. The molecule has 0 spiro atoms. The Labute approximate surface area is 306 Å². The van der Waals surface area contributed by atoms with Crippen molar-refractivity contribution in [2.24, 2.45) is 0 Å². The number of piperidine rings is 2. The molecule has 0 amide bonds. The van der Waals surface area contributed by atoms with Crippen molar-refractivity contribution < 1.29 is 13.2 Å². The van der Waals surface area contributed by atoms with E-state index in [0.717, 1.165) is 59.5 Å². The zero-order chi connectivity index (χ0) is 35.1. The van der Waals surface area contributed by atoms with Crippen molar-refractivity contribution in [3.8, 4) is 5.75 Å². The maximum atomic E-state index is 13.0. The van der Waals surface area contributed by atoms with Crippen LogP contribution in [0.4, 0.5) is 23.1 Å². The quantitative estimate of drug-likeness (QED) is 0.175. The second kappa shape index (κ2) is 17.0. The van der Waals surface area contributed by atoms with Crippen molar-refractivity contribution in [1.29, 1.82) is 0 Å². The molecule has 2 aliphatic heterocycles. The molecule has 0 aliphatic carbocycles. The molecule has 0 unspecified atom stereocenters. The molecule has 1 aromatic heterocycles. The lowest BCUT2D eigenvalue weighted by Crippen LogP contribution is -2.36. The summed E-state index contributed by atoms with van der Waals surface area (Å²) in [6, 6.07) is 11.0. The van der Waals surface area contributed by atoms with Gasteiger partial charge in [0.25, 0.3) is 0 Å². The van der Waals surface area contributed by atoms with Gasteiger partial charge in [0.05, 0.1) is 33.8 Å². The number of para-hydroxylation sites is 1. The third kappa shape index (κ3) is 9.78. The molecule has 2 aromatic carbocycles. The highest BCUT2D eigenvalue weighted by Crippen LogP contribution is 2.39.